The molecule has 1 heterocycles. The predicted octanol–water partition coefficient (Wildman–Crippen LogP) is 3.32. The van der Waals surface area contributed by atoms with Gasteiger partial charge >= 0.3 is 0 Å². The third-order valence-corrected chi connectivity index (χ3v) is 6.52. The molecule has 1 aromatic heterocycles. The Balaban J connectivity index is 1.62. The van der Waals surface area contributed by atoms with E-state index in [4.69, 9.17) is 16.3 Å². The quantitative estimate of drug-likeness (QED) is 0.507. The first-order chi connectivity index (χ1) is 13.9. The molecule has 8 nitrogen and oxygen atoms in total. The number of aromatic nitrogens is 2. The van der Waals surface area contributed by atoms with Crippen LogP contribution in [0.2, 0.25) is 5.02 Å². The lowest BCUT2D eigenvalue weighted by molar-refractivity contribution is 0.102. The van der Waals surface area contributed by atoms with Gasteiger partial charge < -0.3 is 4.74 Å². The Hall–Kier alpha value is -2.53. The van der Waals surface area contributed by atoms with E-state index < -0.39 is 15.9 Å². The molecule has 0 saturated heterocycles. The van der Waals surface area contributed by atoms with Crippen molar-refractivity contribution in [1.29, 1.82) is 0 Å². The standard InChI is InChI=1S/C18H17ClN4O4S2/c1-2-27-15-9-3-12(4-10-15)11-20-29(25,26)18-23-22-17(28-18)21-16(24)13-5-7-14(19)8-6-13/h3-10,20H,2,11H2,1H3,(H,21,22,24). The van der Waals surface area contributed by atoms with Gasteiger partial charge in [0, 0.05) is 17.1 Å². The summed E-state index contributed by atoms with van der Waals surface area (Å²) in [4.78, 5) is 12.2. The van der Waals surface area contributed by atoms with E-state index in [0.29, 0.717) is 22.9 Å². The smallest absolute Gasteiger partial charge is 0.270 e. The van der Waals surface area contributed by atoms with E-state index in [1.165, 1.54) is 0 Å². The molecule has 0 saturated carbocycles. The summed E-state index contributed by atoms with van der Waals surface area (Å²) in [5.74, 6) is 0.272. The Bertz CT molecular complexity index is 1080. The first-order valence-corrected chi connectivity index (χ1v) is 11.2. The molecule has 0 fully saturated rings. The zero-order valence-electron chi connectivity index (χ0n) is 15.3. The zero-order valence-corrected chi connectivity index (χ0v) is 17.6. The molecule has 0 bridgehead atoms. The molecular formula is C18H17ClN4O4S2. The summed E-state index contributed by atoms with van der Waals surface area (Å²) in [5, 5.41) is 10.5. The van der Waals surface area contributed by atoms with Gasteiger partial charge in [0.05, 0.1) is 6.61 Å². The SMILES string of the molecule is CCOc1ccc(CNS(=O)(=O)c2nnc(NC(=O)c3ccc(Cl)cc3)s2)cc1. The number of carbonyl (C=O) groups is 1. The van der Waals surface area contributed by atoms with Crippen LogP contribution in [0.5, 0.6) is 5.75 Å². The van der Waals surface area contributed by atoms with Crippen molar-refractivity contribution in [2.75, 3.05) is 11.9 Å². The Morgan fingerprint density at radius 1 is 1.10 bits per heavy atom. The molecule has 0 aliphatic rings. The van der Waals surface area contributed by atoms with Crippen molar-refractivity contribution in [3.05, 3.63) is 64.7 Å². The van der Waals surface area contributed by atoms with Gasteiger partial charge in [0.2, 0.25) is 9.47 Å². The van der Waals surface area contributed by atoms with E-state index >= 15 is 0 Å². The summed E-state index contributed by atoms with van der Waals surface area (Å²) in [6.45, 7) is 2.52. The minimum Gasteiger partial charge on any atom is -0.494 e. The molecule has 29 heavy (non-hydrogen) atoms. The maximum atomic E-state index is 12.4. The van der Waals surface area contributed by atoms with Crippen molar-refractivity contribution in [2.45, 2.75) is 17.8 Å². The fraction of sp³-hybridized carbons (Fsp3) is 0.167. The van der Waals surface area contributed by atoms with Gasteiger partial charge in [-0.25, -0.2) is 13.1 Å². The van der Waals surface area contributed by atoms with Crippen LogP contribution in [0.1, 0.15) is 22.8 Å². The molecule has 2 aromatic carbocycles. The maximum absolute atomic E-state index is 12.4. The Morgan fingerprint density at radius 2 is 1.79 bits per heavy atom. The van der Waals surface area contributed by atoms with Crippen LogP contribution in [0.25, 0.3) is 0 Å². The number of halogens is 1. The number of amides is 1. The van der Waals surface area contributed by atoms with Gasteiger partial charge in [0.15, 0.2) is 0 Å². The average molecular weight is 453 g/mol. The van der Waals surface area contributed by atoms with Crippen LogP contribution in [0, 0.1) is 0 Å². The minimum absolute atomic E-state index is 0.0754. The second-order valence-corrected chi connectivity index (χ2v) is 9.09. The van der Waals surface area contributed by atoms with Crippen molar-refractivity contribution in [3.8, 4) is 5.75 Å². The summed E-state index contributed by atoms with van der Waals surface area (Å²) in [5.41, 5.74) is 1.13. The largest absolute Gasteiger partial charge is 0.494 e. The van der Waals surface area contributed by atoms with Gasteiger partial charge in [0.1, 0.15) is 5.75 Å². The number of nitrogens with zero attached hydrogens (tertiary/aromatic N) is 2. The van der Waals surface area contributed by atoms with Gasteiger partial charge in [-0.15, -0.1) is 10.2 Å². The van der Waals surface area contributed by atoms with Gasteiger partial charge in [-0.05, 0) is 48.9 Å². The number of nitrogens with one attached hydrogen (secondary N) is 2. The van der Waals surface area contributed by atoms with Crippen molar-refractivity contribution in [2.24, 2.45) is 0 Å². The van der Waals surface area contributed by atoms with Crippen LogP contribution < -0.4 is 14.8 Å². The number of hydrogen-bond donors (Lipinski definition) is 2. The van der Waals surface area contributed by atoms with Gasteiger partial charge in [-0.1, -0.05) is 35.1 Å². The van der Waals surface area contributed by atoms with E-state index in [0.717, 1.165) is 16.9 Å². The average Bonchev–Trinajstić information content (AvgIpc) is 3.18. The lowest BCUT2D eigenvalue weighted by Gasteiger charge is -2.06. The zero-order chi connectivity index (χ0) is 20.9. The second-order valence-electron chi connectivity index (χ2n) is 5.74. The fourth-order valence-electron chi connectivity index (χ4n) is 2.25. The molecule has 0 atom stereocenters. The minimum atomic E-state index is -3.87. The van der Waals surface area contributed by atoms with Crippen LogP contribution in [0.4, 0.5) is 5.13 Å². The second kappa shape index (κ2) is 9.31. The molecule has 152 valence electrons. The summed E-state index contributed by atoms with van der Waals surface area (Å²) >= 11 is 6.55. The highest BCUT2D eigenvalue weighted by atomic mass is 35.5. The van der Waals surface area contributed by atoms with E-state index in [1.54, 1.807) is 48.5 Å². The molecule has 2 N–H and O–H groups in total. The molecule has 0 aliphatic heterocycles. The van der Waals surface area contributed by atoms with Crippen molar-refractivity contribution in [3.63, 3.8) is 0 Å². The predicted molar refractivity (Wildman–Crippen MR) is 111 cm³/mol. The molecule has 0 radical (unpaired) electrons. The highest BCUT2D eigenvalue weighted by Crippen LogP contribution is 2.21. The molecule has 0 unspecified atom stereocenters. The Kier molecular flexibility index (Phi) is 6.80. The number of ether oxygens (including phenoxy) is 1. The third-order valence-electron chi connectivity index (χ3n) is 3.66. The van der Waals surface area contributed by atoms with Gasteiger partial charge in [-0.2, -0.15) is 0 Å². The molecule has 0 spiro atoms. The first kappa shape index (κ1) is 21.2. The van der Waals surface area contributed by atoms with E-state index in [2.05, 4.69) is 20.2 Å². The Labute approximate surface area is 176 Å². The van der Waals surface area contributed by atoms with Crippen LogP contribution in [-0.2, 0) is 16.6 Å². The highest BCUT2D eigenvalue weighted by Gasteiger charge is 2.21. The fourth-order valence-corrected chi connectivity index (χ4v) is 4.33. The summed E-state index contributed by atoms with van der Waals surface area (Å²) in [6, 6.07) is 13.3. The molecule has 0 aliphatic carbocycles. The van der Waals surface area contributed by atoms with Crippen LogP contribution >= 0.6 is 22.9 Å². The number of anilines is 1. The lowest BCUT2D eigenvalue weighted by Crippen LogP contribution is -2.23. The van der Waals surface area contributed by atoms with Crippen LogP contribution in [0.15, 0.2) is 52.9 Å². The summed E-state index contributed by atoms with van der Waals surface area (Å²) in [6.07, 6.45) is 0. The van der Waals surface area contributed by atoms with E-state index in [1.807, 2.05) is 6.92 Å². The summed E-state index contributed by atoms with van der Waals surface area (Å²) < 4.78 is 32.4. The first-order valence-electron chi connectivity index (χ1n) is 8.49. The molecule has 11 heteroatoms. The third kappa shape index (κ3) is 5.73. The van der Waals surface area contributed by atoms with Crippen LogP contribution in [-0.4, -0.2) is 31.1 Å². The normalized spacial score (nSPS) is 11.2. The number of sulfonamides is 1. The Morgan fingerprint density at radius 3 is 2.45 bits per heavy atom. The molecule has 3 aromatic rings. The number of carbonyl (C=O) groups excluding carboxylic acids is 1. The topological polar surface area (TPSA) is 110 Å². The lowest BCUT2D eigenvalue weighted by atomic mass is 10.2. The van der Waals surface area contributed by atoms with E-state index in [-0.39, 0.29) is 16.0 Å². The number of rotatable bonds is 8. The highest BCUT2D eigenvalue weighted by molar-refractivity contribution is 7.91. The molecule has 1 amide bonds. The summed E-state index contributed by atoms with van der Waals surface area (Å²) in [7, 11) is -3.87. The van der Waals surface area contributed by atoms with Crippen molar-refractivity contribution < 1.29 is 17.9 Å². The number of benzene rings is 2. The van der Waals surface area contributed by atoms with E-state index in [9.17, 15) is 13.2 Å². The van der Waals surface area contributed by atoms with Crippen molar-refractivity contribution >= 4 is 44.0 Å². The molecule has 3 rings (SSSR count). The monoisotopic (exact) mass is 452 g/mol. The molecular weight excluding hydrogens is 436 g/mol. The number of hydrogen-bond acceptors (Lipinski definition) is 7. The van der Waals surface area contributed by atoms with Crippen molar-refractivity contribution in [1.82, 2.24) is 14.9 Å². The maximum Gasteiger partial charge on any atom is 0.270 e. The van der Waals surface area contributed by atoms with Gasteiger partial charge in [0.25, 0.3) is 15.9 Å². The van der Waals surface area contributed by atoms with Crippen LogP contribution in [0.3, 0.4) is 0 Å². The van der Waals surface area contributed by atoms with Gasteiger partial charge in [-0.3, -0.25) is 10.1 Å².